The summed E-state index contributed by atoms with van der Waals surface area (Å²) in [6, 6.07) is 5.64. The Morgan fingerprint density at radius 3 is 2.33 bits per heavy atom. The molecule has 0 aliphatic carbocycles. The summed E-state index contributed by atoms with van der Waals surface area (Å²) in [7, 11) is -3.78. The van der Waals surface area contributed by atoms with Gasteiger partial charge in [-0.15, -0.1) is 0 Å². The molecule has 0 unspecified atom stereocenters. The average Bonchev–Trinajstić information content (AvgIpc) is 2.28. The van der Waals surface area contributed by atoms with Gasteiger partial charge in [0.15, 0.2) is 0 Å². The molecule has 0 atom stereocenters. The number of sulfonamides is 1. The number of carbonyl (C=O) groups is 1. The lowest BCUT2D eigenvalue weighted by Crippen LogP contribution is -2.36. The highest BCUT2D eigenvalue weighted by molar-refractivity contribution is 7.89. The van der Waals surface area contributed by atoms with Crippen LogP contribution in [0.2, 0.25) is 5.02 Å². The van der Waals surface area contributed by atoms with Crippen LogP contribution in [0.5, 0.6) is 0 Å². The normalized spacial score (nSPS) is 11.7. The summed E-state index contributed by atoms with van der Waals surface area (Å²) >= 11 is 5.68. The fourth-order valence-electron chi connectivity index (χ4n) is 1.44. The van der Waals surface area contributed by atoms with Gasteiger partial charge in [0, 0.05) is 11.6 Å². The molecule has 5 nitrogen and oxygen atoms in total. The summed E-state index contributed by atoms with van der Waals surface area (Å²) < 4.78 is 25.3. The Morgan fingerprint density at radius 2 is 1.89 bits per heavy atom. The van der Waals surface area contributed by atoms with Gasteiger partial charge in [-0.25, -0.2) is 8.42 Å². The van der Waals surface area contributed by atoms with E-state index in [0.29, 0.717) is 11.4 Å². The highest BCUT2D eigenvalue weighted by Gasteiger charge is 2.25. The molecule has 0 fully saturated rings. The number of carboxylic acids is 1. The Morgan fingerprint density at radius 1 is 1.33 bits per heavy atom. The lowest BCUT2D eigenvalue weighted by Gasteiger charge is -2.19. The Labute approximate surface area is 111 Å². The van der Waals surface area contributed by atoms with Crippen molar-refractivity contribution in [2.75, 3.05) is 13.1 Å². The Kier molecular flexibility index (Phi) is 5.13. The predicted molar refractivity (Wildman–Crippen MR) is 68.1 cm³/mol. The Bertz CT molecular complexity index is 512. The van der Waals surface area contributed by atoms with Gasteiger partial charge >= 0.3 is 5.97 Å². The van der Waals surface area contributed by atoms with E-state index >= 15 is 0 Å². The molecule has 0 heterocycles. The van der Waals surface area contributed by atoms with Crippen molar-refractivity contribution in [3.05, 3.63) is 29.3 Å². The topological polar surface area (TPSA) is 74.7 Å². The molecule has 1 aromatic carbocycles. The van der Waals surface area contributed by atoms with Crippen LogP contribution in [0.25, 0.3) is 0 Å². The number of benzene rings is 1. The number of rotatable bonds is 6. The maximum Gasteiger partial charge on any atom is 0.318 e. The van der Waals surface area contributed by atoms with Crippen molar-refractivity contribution >= 4 is 27.6 Å². The van der Waals surface area contributed by atoms with E-state index in [1.54, 1.807) is 6.92 Å². The van der Waals surface area contributed by atoms with Gasteiger partial charge in [0.25, 0.3) is 0 Å². The van der Waals surface area contributed by atoms with E-state index in [0.717, 1.165) is 4.31 Å². The van der Waals surface area contributed by atoms with Crippen molar-refractivity contribution in [1.29, 1.82) is 0 Å². The molecule has 1 aromatic rings. The highest BCUT2D eigenvalue weighted by Crippen LogP contribution is 2.18. The second kappa shape index (κ2) is 6.17. The number of hydrogen-bond acceptors (Lipinski definition) is 3. The van der Waals surface area contributed by atoms with E-state index in [-0.39, 0.29) is 11.4 Å². The number of carboxylic acid groups (broad SMARTS) is 1. The van der Waals surface area contributed by atoms with E-state index in [4.69, 9.17) is 16.7 Å². The summed E-state index contributed by atoms with van der Waals surface area (Å²) in [6.45, 7) is 1.41. The van der Waals surface area contributed by atoms with Crippen LogP contribution in [0.1, 0.15) is 13.3 Å². The lowest BCUT2D eigenvalue weighted by atomic mass is 10.4. The van der Waals surface area contributed by atoms with E-state index in [1.165, 1.54) is 24.3 Å². The monoisotopic (exact) mass is 291 g/mol. The van der Waals surface area contributed by atoms with Crippen molar-refractivity contribution in [2.45, 2.75) is 18.2 Å². The van der Waals surface area contributed by atoms with Crippen LogP contribution >= 0.6 is 11.6 Å². The van der Waals surface area contributed by atoms with Crippen LogP contribution in [0.15, 0.2) is 29.2 Å². The second-order valence-corrected chi connectivity index (χ2v) is 6.06. The van der Waals surface area contributed by atoms with Gasteiger partial charge in [0.2, 0.25) is 10.0 Å². The molecule has 1 N–H and O–H groups in total. The fourth-order valence-corrected chi connectivity index (χ4v) is 3.05. The van der Waals surface area contributed by atoms with Crippen LogP contribution in [-0.2, 0) is 14.8 Å². The molecule has 0 amide bonds. The molecule has 0 aliphatic heterocycles. The third-order valence-electron chi connectivity index (χ3n) is 2.24. The zero-order valence-corrected chi connectivity index (χ0v) is 11.4. The quantitative estimate of drug-likeness (QED) is 0.867. The van der Waals surface area contributed by atoms with Crippen molar-refractivity contribution in [2.24, 2.45) is 0 Å². The molecule has 0 saturated heterocycles. The van der Waals surface area contributed by atoms with Gasteiger partial charge < -0.3 is 5.11 Å². The summed E-state index contributed by atoms with van der Waals surface area (Å²) in [6.07, 6.45) is 0.542. The highest BCUT2D eigenvalue weighted by atomic mass is 35.5. The van der Waals surface area contributed by atoms with E-state index in [9.17, 15) is 13.2 Å². The average molecular weight is 292 g/mol. The molecular formula is C11H14ClNO4S. The molecular weight excluding hydrogens is 278 g/mol. The minimum Gasteiger partial charge on any atom is -0.480 e. The van der Waals surface area contributed by atoms with Gasteiger partial charge in [-0.1, -0.05) is 18.5 Å². The zero-order chi connectivity index (χ0) is 13.8. The molecule has 100 valence electrons. The molecule has 0 aromatic heterocycles. The Hall–Kier alpha value is -1.11. The maximum absolute atomic E-state index is 12.2. The first-order valence-corrected chi connectivity index (χ1v) is 7.17. The molecule has 1 rings (SSSR count). The van der Waals surface area contributed by atoms with E-state index in [2.05, 4.69) is 0 Å². The van der Waals surface area contributed by atoms with Crippen molar-refractivity contribution < 1.29 is 18.3 Å². The van der Waals surface area contributed by atoms with Crippen LogP contribution < -0.4 is 0 Å². The first kappa shape index (κ1) is 14.9. The van der Waals surface area contributed by atoms with Crippen molar-refractivity contribution in [3.63, 3.8) is 0 Å². The number of aliphatic carboxylic acids is 1. The third-order valence-corrected chi connectivity index (χ3v) is 4.35. The molecule has 0 aliphatic rings. The number of hydrogen-bond donors (Lipinski definition) is 1. The second-order valence-electron chi connectivity index (χ2n) is 3.69. The van der Waals surface area contributed by atoms with Crippen LogP contribution in [0.4, 0.5) is 0 Å². The number of nitrogens with zero attached hydrogens (tertiary/aromatic N) is 1. The van der Waals surface area contributed by atoms with Gasteiger partial charge in [-0.05, 0) is 30.7 Å². The molecule has 18 heavy (non-hydrogen) atoms. The largest absolute Gasteiger partial charge is 0.480 e. The summed E-state index contributed by atoms with van der Waals surface area (Å²) in [5, 5.41) is 9.16. The Balaban J connectivity index is 3.08. The number of halogens is 1. The first-order chi connectivity index (χ1) is 8.37. The standard InChI is InChI=1S/C11H14ClNO4S/c1-2-7-13(8-11(14)15)18(16,17)10-5-3-9(12)4-6-10/h3-6H,2,7-8H2,1H3,(H,14,15). The minimum atomic E-state index is -3.78. The zero-order valence-electron chi connectivity index (χ0n) is 9.84. The minimum absolute atomic E-state index is 0.0431. The molecule has 0 radical (unpaired) electrons. The van der Waals surface area contributed by atoms with Crippen LogP contribution in [0, 0.1) is 0 Å². The fraction of sp³-hybridized carbons (Fsp3) is 0.364. The smallest absolute Gasteiger partial charge is 0.318 e. The van der Waals surface area contributed by atoms with E-state index < -0.39 is 22.5 Å². The van der Waals surface area contributed by atoms with Crippen LogP contribution in [0.3, 0.4) is 0 Å². The van der Waals surface area contributed by atoms with E-state index in [1.807, 2.05) is 0 Å². The lowest BCUT2D eigenvalue weighted by molar-refractivity contribution is -0.137. The van der Waals surface area contributed by atoms with Gasteiger partial charge in [0.1, 0.15) is 6.54 Å². The molecule has 0 saturated carbocycles. The maximum atomic E-state index is 12.2. The summed E-state index contributed by atoms with van der Waals surface area (Å²) in [5.74, 6) is -1.18. The van der Waals surface area contributed by atoms with Gasteiger partial charge in [0.05, 0.1) is 4.90 Å². The van der Waals surface area contributed by atoms with Gasteiger partial charge in [-0.3, -0.25) is 4.79 Å². The van der Waals surface area contributed by atoms with Crippen molar-refractivity contribution in [3.8, 4) is 0 Å². The molecule has 0 spiro atoms. The van der Waals surface area contributed by atoms with Gasteiger partial charge in [-0.2, -0.15) is 4.31 Å². The van der Waals surface area contributed by atoms with Crippen LogP contribution in [-0.4, -0.2) is 36.9 Å². The third kappa shape index (κ3) is 3.69. The summed E-state index contributed by atoms with van der Waals surface area (Å²) in [5.41, 5.74) is 0. The SMILES string of the molecule is CCCN(CC(=O)O)S(=O)(=O)c1ccc(Cl)cc1. The van der Waals surface area contributed by atoms with Crippen molar-refractivity contribution in [1.82, 2.24) is 4.31 Å². The molecule has 0 bridgehead atoms. The predicted octanol–water partition coefficient (Wildman–Crippen LogP) is 1.83. The molecule has 7 heteroatoms. The summed E-state index contributed by atoms with van der Waals surface area (Å²) in [4.78, 5) is 10.7. The first-order valence-electron chi connectivity index (χ1n) is 5.35.